The molecule has 1 saturated carbocycles. The van der Waals surface area contributed by atoms with E-state index in [-0.39, 0.29) is 12.2 Å². The van der Waals surface area contributed by atoms with E-state index in [0.717, 1.165) is 18.4 Å². The summed E-state index contributed by atoms with van der Waals surface area (Å²) < 4.78 is 0. The number of nitrogens with one attached hydrogen (secondary N) is 1. The number of rotatable bonds is 3. The van der Waals surface area contributed by atoms with Crippen molar-refractivity contribution in [2.24, 2.45) is 17.8 Å². The molecule has 1 amide bonds. The van der Waals surface area contributed by atoms with E-state index in [1.54, 1.807) is 0 Å². The van der Waals surface area contributed by atoms with Crippen molar-refractivity contribution < 1.29 is 4.79 Å². The lowest BCUT2D eigenvalue weighted by atomic mass is 10.0. The van der Waals surface area contributed by atoms with Crippen molar-refractivity contribution in [3.63, 3.8) is 0 Å². The lowest BCUT2D eigenvalue weighted by Crippen LogP contribution is -2.38. The van der Waals surface area contributed by atoms with Crippen LogP contribution in [0.5, 0.6) is 0 Å². The standard InChI is InChI=1S/C14H26N2O/c1-9(2)13-14(17)16(11(4)15-13)8-12-6-5-10(3)7-12/h9-13,15H,5-8H2,1-4H3. The van der Waals surface area contributed by atoms with E-state index in [1.807, 2.05) is 0 Å². The maximum atomic E-state index is 12.3. The SMILES string of the molecule is CC1CCC(CN2C(=O)C(C(C)C)NC2C)C1. The third-order valence-corrected chi connectivity index (χ3v) is 4.36. The van der Waals surface area contributed by atoms with Gasteiger partial charge >= 0.3 is 0 Å². The number of carbonyl (C=O) groups excluding carboxylic acids is 1. The molecule has 0 aromatic rings. The van der Waals surface area contributed by atoms with E-state index in [2.05, 4.69) is 37.9 Å². The van der Waals surface area contributed by atoms with E-state index in [0.29, 0.717) is 11.8 Å². The van der Waals surface area contributed by atoms with Crippen LogP contribution in [-0.2, 0) is 4.79 Å². The van der Waals surface area contributed by atoms with Crippen molar-refractivity contribution in [3.8, 4) is 0 Å². The van der Waals surface area contributed by atoms with Gasteiger partial charge in [0.05, 0.1) is 12.2 Å². The van der Waals surface area contributed by atoms with Crippen LogP contribution in [0.2, 0.25) is 0 Å². The summed E-state index contributed by atoms with van der Waals surface area (Å²) in [5.41, 5.74) is 0. The monoisotopic (exact) mass is 238 g/mol. The lowest BCUT2D eigenvalue weighted by molar-refractivity contribution is -0.131. The average Bonchev–Trinajstić information content (AvgIpc) is 2.77. The minimum atomic E-state index is 0.0313. The Kier molecular flexibility index (Phi) is 3.76. The smallest absolute Gasteiger partial charge is 0.241 e. The van der Waals surface area contributed by atoms with Gasteiger partial charge < -0.3 is 4.90 Å². The minimum Gasteiger partial charge on any atom is -0.326 e. The fraction of sp³-hybridized carbons (Fsp3) is 0.929. The fourth-order valence-electron chi connectivity index (χ4n) is 3.29. The Morgan fingerprint density at radius 3 is 2.53 bits per heavy atom. The maximum Gasteiger partial charge on any atom is 0.241 e. The molecule has 1 heterocycles. The largest absolute Gasteiger partial charge is 0.326 e. The van der Waals surface area contributed by atoms with Crippen molar-refractivity contribution in [2.75, 3.05) is 6.54 Å². The molecule has 3 nitrogen and oxygen atoms in total. The number of amides is 1. The molecule has 98 valence electrons. The van der Waals surface area contributed by atoms with E-state index in [9.17, 15) is 4.79 Å². The maximum absolute atomic E-state index is 12.3. The van der Waals surface area contributed by atoms with Crippen LogP contribution in [0.3, 0.4) is 0 Å². The summed E-state index contributed by atoms with van der Waals surface area (Å²) in [7, 11) is 0. The molecule has 1 N–H and O–H groups in total. The number of hydrogen-bond donors (Lipinski definition) is 1. The number of nitrogens with zero attached hydrogens (tertiary/aromatic N) is 1. The molecule has 1 saturated heterocycles. The van der Waals surface area contributed by atoms with Crippen molar-refractivity contribution in [1.82, 2.24) is 10.2 Å². The highest BCUT2D eigenvalue weighted by Crippen LogP contribution is 2.32. The molecule has 2 fully saturated rings. The van der Waals surface area contributed by atoms with Gasteiger partial charge in [0.1, 0.15) is 0 Å². The Labute approximate surface area is 105 Å². The van der Waals surface area contributed by atoms with Gasteiger partial charge in [-0.3, -0.25) is 10.1 Å². The number of hydrogen-bond acceptors (Lipinski definition) is 2. The van der Waals surface area contributed by atoms with E-state index in [1.165, 1.54) is 19.3 Å². The van der Waals surface area contributed by atoms with Crippen LogP contribution in [0.1, 0.15) is 47.0 Å². The van der Waals surface area contributed by atoms with Gasteiger partial charge in [-0.15, -0.1) is 0 Å². The molecule has 1 aliphatic heterocycles. The van der Waals surface area contributed by atoms with Crippen molar-refractivity contribution >= 4 is 5.91 Å². The van der Waals surface area contributed by atoms with Gasteiger partial charge in [-0.25, -0.2) is 0 Å². The van der Waals surface area contributed by atoms with Crippen LogP contribution in [0.25, 0.3) is 0 Å². The summed E-state index contributed by atoms with van der Waals surface area (Å²) >= 11 is 0. The molecule has 1 aliphatic carbocycles. The van der Waals surface area contributed by atoms with E-state index >= 15 is 0 Å². The van der Waals surface area contributed by atoms with E-state index in [4.69, 9.17) is 0 Å². The topological polar surface area (TPSA) is 32.3 Å². The van der Waals surface area contributed by atoms with Crippen LogP contribution in [0.15, 0.2) is 0 Å². The van der Waals surface area contributed by atoms with Crippen molar-refractivity contribution in [1.29, 1.82) is 0 Å². The molecule has 0 aromatic heterocycles. The van der Waals surface area contributed by atoms with Crippen LogP contribution in [0, 0.1) is 17.8 Å². The molecular formula is C14H26N2O. The summed E-state index contributed by atoms with van der Waals surface area (Å²) in [6.07, 6.45) is 4.14. The predicted molar refractivity (Wildman–Crippen MR) is 69.4 cm³/mol. The first-order chi connectivity index (χ1) is 7.99. The normalized spacial score (nSPS) is 38.4. The van der Waals surface area contributed by atoms with Crippen LogP contribution in [0.4, 0.5) is 0 Å². The quantitative estimate of drug-likeness (QED) is 0.817. The molecule has 3 heteroatoms. The molecule has 2 rings (SSSR count). The average molecular weight is 238 g/mol. The molecule has 17 heavy (non-hydrogen) atoms. The minimum absolute atomic E-state index is 0.0313. The molecule has 0 bridgehead atoms. The molecule has 0 radical (unpaired) electrons. The first-order valence-corrected chi connectivity index (χ1v) is 7.05. The van der Waals surface area contributed by atoms with Crippen LogP contribution in [-0.4, -0.2) is 29.6 Å². The Morgan fingerprint density at radius 2 is 2.06 bits per heavy atom. The first kappa shape index (κ1) is 12.9. The Bertz CT molecular complexity index is 290. The summed E-state index contributed by atoms with van der Waals surface area (Å²) in [5.74, 6) is 2.27. The molecule has 4 unspecified atom stereocenters. The van der Waals surface area contributed by atoms with Gasteiger partial charge in [0.2, 0.25) is 5.91 Å². The summed E-state index contributed by atoms with van der Waals surface area (Å²) in [6.45, 7) is 9.62. The highest BCUT2D eigenvalue weighted by atomic mass is 16.2. The van der Waals surface area contributed by atoms with Gasteiger partial charge in [0.25, 0.3) is 0 Å². The Hall–Kier alpha value is -0.570. The number of carbonyl (C=O) groups is 1. The van der Waals surface area contributed by atoms with Gasteiger partial charge in [-0.2, -0.15) is 0 Å². The van der Waals surface area contributed by atoms with Gasteiger partial charge in [-0.05, 0) is 37.5 Å². The van der Waals surface area contributed by atoms with Gasteiger partial charge in [-0.1, -0.05) is 27.2 Å². The highest BCUT2D eigenvalue weighted by molar-refractivity contribution is 5.84. The van der Waals surface area contributed by atoms with Crippen molar-refractivity contribution in [3.05, 3.63) is 0 Å². The Morgan fingerprint density at radius 1 is 1.35 bits per heavy atom. The summed E-state index contributed by atoms with van der Waals surface area (Å²) in [6, 6.07) is 0.0313. The predicted octanol–water partition coefficient (Wildman–Crippen LogP) is 2.22. The third kappa shape index (κ3) is 2.65. The van der Waals surface area contributed by atoms with Gasteiger partial charge in [0, 0.05) is 6.54 Å². The van der Waals surface area contributed by atoms with Crippen LogP contribution < -0.4 is 5.32 Å². The fourth-order valence-corrected chi connectivity index (χ4v) is 3.29. The molecule has 0 spiro atoms. The molecule has 4 atom stereocenters. The van der Waals surface area contributed by atoms with Crippen molar-refractivity contribution in [2.45, 2.75) is 59.2 Å². The van der Waals surface area contributed by atoms with Crippen LogP contribution >= 0.6 is 0 Å². The highest BCUT2D eigenvalue weighted by Gasteiger charge is 2.39. The molecule has 2 aliphatic rings. The zero-order valence-electron chi connectivity index (χ0n) is 11.6. The second-order valence-corrected chi connectivity index (χ2v) is 6.34. The molecular weight excluding hydrogens is 212 g/mol. The zero-order valence-corrected chi connectivity index (χ0v) is 11.6. The summed E-state index contributed by atoms with van der Waals surface area (Å²) in [4.78, 5) is 14.4. The second-order valence-electron chi connectivity index (χ2n) is 6.34. The van der Waals surface area contributed by atoms with Gasteiger partial charge in [0.15, 0.2) is 0 Å². The van der Waals surface area contributed by atoms with E-state index < -0.39 is 0 Å². The lowest BCUT2D eigenvalue weighted by Gasteiger charge is -2.24. The first-order valence-electron chi connectivity index (χ1n) is 7.05. The Balaban J connectivity index is 1.94. The summed E-state index contributed by atoms with van der Waals surface area (Å²) in [5, 5.41) is 3.41. The zero-order chi connectivity index (χ0) is 12.6. The second kappa shape index (κ2) is 4.97. The molecule has 0 aromatic carbocycles. The third-order valence-electron chi connectivity index (χ3n) is 4.36.